The molecule has 3 N–H and O–H groups in total. The fourth-order valence-electron chi connectivity index (χ4n) is 8.42. The maximum Gasteiger partial charge on any atom is 0.437 e. The van der Waals surface area contributed by atoms with Crippen LogP contribution in [0.4, 0.5) is 18.0 Å². The zero-order valence-electron chi connectivity index (χ0n) is 32.9. The molecule has 1 aromatic carbocycles. The first kappa shape index (κ1) is 41.3. The molecule has 2 aliphatic carbocycles. The molecule has 310 valence electrons. The highest BCUT2D eigenvalue weighted by Crippen LogP contribution is 2.53. The second-order valence-electron chi connectivity index (χ2n) is 17.4. The number of alkyl halides is 3. The van der Waals surface area contributed by atoms with Crippen molar-refractivity contribution in [1.29, 1.82) is 0 Å². The Hall–Kier alpha value is -3.85. The minimum Gasteiger partial charge on any atom is -0.483 e. The minimum absolute atomic E-state index is 0.0440. The number of allylic oxidation sites excluding steroid dienone is 1. The van der Waals surface area contributed by atoms with Gasteiger partial charge in [-0.1, -0.05) is 47.3 Å². The maximum absolute atomic E-state index is 14.7. The van der Waals surface area contributed by atoms with E-state index in [9.17, 15) is 32.3 Å². The van der Waals surface area contributed by atoms with Crippen molar-refractivity contribution in [2.75, 3.05) is 6.54 Å². The van der Waals surface area contributed by atoms with Gasteiger partial charge in [-0.3, -0.25) is 14.4 Å². The Morgan fingerprint density at radius 3 is 2.56 bits per heavy atom. The lowest BCUT2D eigenvalue weighted by Crippen LogP contribution is -2.57. The molecular weight excluding hydrogens is 783 g/mol. The van der Waals surface area contributed by atoms with Crippen molar-refractivity contribution in [3.8, 4) is 5.75 Å². The van der Waals surface area contributed by atoms with Crippen molar-refractivity contribution in [3.05, 3.63) is 46.6 Å². The number of hydrogen-bond donors (Lipinski definition) is 3. The smallest absolute Gasteiger partial charge is 0.437 e. The third-order valence-electron chi connectivity index (χ3n) is 11.8. The summed E-state index contributed by atoms with van der Waals surface area (Å²) >= 11 is 6.28. The quantitative estimate of drug-likeness (QED) is 0.214. The van der Waals surface area contributed by atoms with Crippen LogP contribution >= 0.6 is 22.3 Å². The van der Waals surface area contributed by atoms with Gasteiger partial charge in [0.05, 0.1) is 12.1 Å². The number of aryl methyl sites for hydroxylation is 1. The topological polar surface area (TPSA) is 139 Å². The van der Waals surface area contributed by atoms with E-state index in [1.807, 2.05) is 24.4 Å². The van der Waals surface area contributed by atoms with Gasteiger partial charge in [0.2, 0.25) is 11.8 Å². The third kappa shape index (κ3) is 8.51. The van der Waals surface area contributed by atoms with E-state index in [4.69, 9.17) is 21.1 Å². The van der Waals surface area contributed by atoms with Crippen LogP contribution in [0.5, 0.6) is 5.75 Å². The number of fused-ring (bicyclic) bond motifs is 5. The number of ether oxygens (including phenoxy) is 2. The molecule has 0 radical (unpaired) electrons. The molecular formula is C41H51ClF3N5O6S. The summed E-state index contributed by atoms with van der Waals surface area (Å²) in [5.41, 5.74) is -4.36. The van der Waals surface area contributed by atoms with Crippen LogP contribution in [-0.4, -0.2) is 79.2 Å². The number of amides is 4. The molecule has 6 atom stereocenters. The van der Waals surface area contributed by atoms with Gasteiger partial charge in [-0.05, 0) is 110 Å². The first-order chi connectivity index (χ1) is 26.8. The number of nitrogens with zero attached hydrogens (tertiary/aromatic N) is 2. The van der Waals surface area contributed by atoms with E-state index in [0.29, 0.717) is 28.8 Å². The fraction of sp³-hybridized carbons (Fsp3) is 0.610. The highest BCUT2D eigenvalue weighted by atomic mass is 35.5. The van der Waals surface area contributed by atoms with E-state index in [-0.39, 0.29) is 54.3 Å². The summed E-state index contributed by atoms with van der Waals surface area (Å²) in [6.45, 7) is 8.89. The Morgan fingerprint density at radius 2 is 1.88 bits per heavy atom. The molecule has 3 fully saturated rings. The van der Waals surface area contributed by atoms with Crippen molar-refractivity contribution in [3.63, 3.8) is 0 Å². The molecule has 2 saturated carbocycles. The van der Waals surface area contributed by atoms with Gasteiger partial charge in [0.25, 0.3) is 5.91 Å². The van der Waals surface area contributed by atoms with E-state index in [0.717, 1.165) is 32.1 Å². The van der Waals surface area contributed by atoms with Crippen molar-refractivity contribution in [2.24, 2.45) is 5.92 Å². The Kier molecular flexibility index (Phi) is 10.9. The van der Waals surface area contributed by atoms with Gasteiger partial charge < -0.3 is 29.7 Å². The van der Waals surface area contributed by atoms with Crippen LogP contribution in [0.25, 0.3) is 10.9 Å². The van der Waals surface area contributed by atoms with Crippen molar-refractivity contribution < 1.29 is 41.8 Å². The lowest BCUT2D eigenvalue weighted by molar-refractivity contribution is -0.144. The molecule has 57 heavy (non-hydrogen) atoms. The van der Waals surface area contributed by atoms with Gasteiger partial charge in [0.15, 0.2) is 11.4 Å². The summed E-state index contributed by atoms with van der Waals surface area (Å²) in [7, 11) is -0.534. The summed E-state index contributed by atoms with van der Waals surface area (Å²) in [4.78, 5) is 62.1. The van der Waals surface area contributed by atoms with Crippen LogP contribution in [-0.2, 0) is 31.7 Å². The summed E-state index contributed by atoms with van der Waals surface area (Å²) in [5.74, 6) is -2.27. The van der Waals surface area contributed by atoms with E-state index >= 15 is 0 Å². The number of alkyl carbamates (subject to hydrolysis) is 1. The number of halogens is 4. The Bertz CT molecular complexity index is 2050. The summed E-state index contributed by atoms with van der Waals surface area (Å²) in [6.07, 6.45) is 3.83. The largest absolute Gasteiger partial charge is 0.483 e. The Morgan fingerprint density at radius 1 is 1.12 bits per heavy atom. The molecule has 11 nitrogen and oxygen atoms in total. The predicted octanol–water partition coefficient (Wildman–Crippen LogP) is 7.53. The molecule has 4 amide bonds. The second kappa shape index (κ2) is 15.1. The first-order valence-corrected chi connectivity index (χ1v) is 21.4. The highest BCUT2D eigenvalue weighted by Gasteiger charge is 2.63. The number of hydrogen-bond acceptors (Lipinski definition) is 7. The Balaban J connectivity index is 1.26. The molecule has 1 aromatic heterocycles. The molecule has 5 aliphatic rings. The van der Waals surface area contributed by atoms with Crippen LogP contribution < -0.4 is 20.1 Å². The van der Waals surface area contributed by atoms with Gasteiger partial charge in [-0.25, -0.2) is 9.78 Å². The highest BCUT2D eigenvalue weighted by molar-refractivity contribution is 8.15. The molecule has 16 heteroatoms. The lowest BCUT2D eigenvalue weighted by atomic mass is 9.87. The zero-order chi connectivity index (χ0) is 41.1. The SMILES string of the molecule is C/C=S(/NC(=O)[C@@]12CC1/C=C\CCCCC[C@H](NC(=O)OC(C)(C)C)C(=O)N1C[C@@]3(CCc4c(c(C(F)(F)F)nc5ccc(Cl)cc45)O3)C[C@H]1C(=O)N2)C1(C)CC1. The Labute approximate surface area is 338 Å². The van der Waals surface area contributed by atoms with Gasteiger partial charge in [0, 0.05) is 33.1 Å². The third-order valence-corrected chi connectivity index (χ3v) is 14.4. The molecule has 1 spiro atoms. The molecule has 0 bridgehead atoms. The molecule has 1 saturated heterocycles. The monoisotopic (exact) mass is 833 g/mol. The number of rotatable bonds is 4. The zero-order valence-corrected chi connectivity index (χ0v) is 34.5. The summed E-state index contributed by atoms with van der Waals surface area (Å²) in [6, 6.07) is 2.12. The van der Waals surface area contributed by atoms with Gasteiger partial charge in [0.1, 0.15) is 28.8 Å². The molecule has 7 rings (SSSR count). The van der Waals surface area contributed by atoms with Crippen molar-refractivity contribution >= 4 is 62.4 Å². The maximum atomic E-state index is 14.7. The number of benzene rings is 1. The number of carbonyl (C=O) groups is 4. The average molecular weight is 834 g/mol. The first-order valence-electron chi connectivity index (χ1n) is 19.8. The minimum atomic E-state index is -4.88. The van der Waals surface area contributed by atoms with Gasteiger partial charge in [-0.2, -0.15) is 13.2 Å². The number of pyridine rings is 1. The molecule has 4 heterocycles. The fourth-order valence-corrected chi connectivity index (χ4v) is 10.4. The van der Waals surface area contributed by atoms with Crippen LogP contribution in [0.15, 0.2) is 30.4 Å². The predicted molar refractivity (Wildman–Crippen MR) is 213 cm³/mol. The normalized spacial score (nSPS) is 29.8. The van der Waals surface area contributed by atoms with Crippen molar-refractivity contribution in [2.45, 2.75) is 145 Å². The van der Waals surface area contributed by atoms with Gasteiger partial charge in [-0.15, -0.1) is 0 Å². The summed E-state index contributed by atoms with van der Waals surface area (Å²) < 4.78 is 59.2. The van der Waals surface area contributed by atoms with E-state index in [1.165, 1.54) is 17.0 Å². The van der Waals surface area contributed by atoms with Crippen LogP contribution in [0.2, 0.25) is 5.02 Å². The molecule has 2 aromatic rings. The van der Waals surface area contributed by atoms with E-state index in [2.05, 4.69) is 27.3 Å². The van der Waals surface area contributed by atoms with Gasteiger partial charge >= 0.3 is 12.3 Å². The lowest BCUT2D eigenvalue weighted by Gasteiger charge is -2.37. The average Bonchev–Trinajstić information content (AvgIpc) is 4.01. The molecule has 2 unspecified atom stereocenters. The van der Waals surface area contributed by atoms with Crippen LogP contribution in [0.3, 0.4) is 0 Å². The van der Waals surface area contributed by atoms with Crippen LogP contribution in [0, 0.1) is 5.92 Å². The number of aromatic nitrogens is 1. The second-order valence-corrected chi connectivity index (χ2v) is 20.2. The van der Waals surface area contributed by atoms with E-state index in [1.54, 1.807) is 26.8 Å². The number of nitrogens with one attached hydrogen (secondary N) is 3. The summed E-state index contributed by atoms with van der Waals surface area (Å²) in [5, 5.41) is 8.50. The molecule has 3 aliphatic heterocycles. The van der Waals surface area contributed by atoms with Crippen LogP contribution in [0.1, 0.15) is 110 Å². The standard InChI is InChI=1S/C41H51ClF3N5O6S/c1-6-57(38(5)18-19-38)49-35(53)40-21-24(40)12-10-8-7-9-11-13-29(47-36(54)56-37(2,3)4)34(52)50-23-39(22-30(50)33(51)48-40)17-16-26-27-20-25(42)14-15-28(27)46-32(31(26)55-39)41(43,44)45/h6,10,12,14-15,20,24,29-30H,7-9,11,13,16-19,21-23H2,1-5H3,(H,47,54)(H,48,51)(H,49,53)/b12-10-/t24?,29-,30-,39+,40+,57?/m0/s1. The number of carbonyl (C=O) groups excluding carboxylic acids is 4. The van der Waals surface area contributed by atoms with E-state index < -0.39 is 75.0 Å². The van der Waals surface area contributed by atoms with Crippen molar-refractivity contribution in [1.82, 2.24) is 25.2 Å².